The summed E-state index contributed by atoms with van der Waals surface area (Å²) in [4.78, 5) is 7.23. The number of hydrogen-bond acceptors (Lipinski definition) is 5. The molecule has 0 aromatic carbocycles. The third-order valence-electron chi connectivity index (χ3n) is 7.78. The first-order valence-electron chi connectivity index (χ1n) is 11.8. The zero-order valence-electron chi connectivity index (χ0n) is 18.6. The van der Waals surface area contributed by atoms with Crippen LogP contribution in [0.2, 0.25) is 0 Å². The van der Waals surface area contributed by atoms with Gasteiger partial charge in [0.05, 0.1) is 0 Å². The van der Waals surface area contributed by atoms with E-state index in [0.717, 1.165) is 34.5 Å². The van der Waals surface area contributed by atoms with Crippen molar-refractivity contribution in [1.29, 1.82) is 0 Å². The largest absolute Gasteiger partial charge is 0.367 e. The fourth-order valence-corrected chi connectivity index (χ4v) is 5.86. The third kappa shape index (κ3) is 5.89. The van der Waals surface area contributed by atoms with E-state index in [1.807, 2.05) is 6.07 Å². The minimum Gasteiger partial charge on any atom is -0.367 e. The summed E-state index contributed by atoms with van der Waals surface area (Å²) >= 11 is 1.23. The Kier molecular flexibility index (Phi) is 6.77. The van der Waals surface area contributed by atoms with Crippen LogP contribution in [0.15, 0.2) is 23.2 Å². The van der Waals surface area contributed by atoms with Gasteiger partial charge in [0.15, 0.2) is 0 Å². The molecule has 0 radical (unpaired) electrons. The molecule has 1 aliphatic heterocycles. The highest BCUT2D eigenvalue weighted by Crippen LogP contribution is 2.51. The minimum absolute atomic E-state index is 0.352. The summed E-state index contributed by atoms with van der Waals surface area (Å²) in [6, 6.07) is 6.66. The zero-order chi connectivity index (χ0) is 20.4. The number of nitrogens with zero attached hydrogens (tertiary/aromatic N) is 2. The maximum atomic E-state index is 5.73. The van der Waals surface area contributed by atoms with Gasteiger partial charge in [-0.15, -0.1) is 0 Å². The van der Waals surface area contributed by atoms with Crippen LogP contribution in [-0.2, 0) is 0 Å². The summed E-state index contributed by atoms with van der Waals surface area (Å²) < 4.78 is 0. The van der Waals surface area contributed by atoms with Gasteiger partial charge in [0.1, 0.15) is 10.8 Å². The van der Waals surface area contributed by atoms with Crippen molar-refractivity contribution in [3.63, 3.8) is 0 Å². The molecule has 2 saturated carbocycles. The van der Waals surface area contributed by atoms with Crippen LogP contribution >= 0.6 is 11.9 Å². The smallest absolute Gasteiger partial charge is 0.127 e. The molecule has 0 spiro atoms. The Morgan fingerprint density at radius 2 is 1.90 bits per heavy atom. The highest BCUT2D eigenvalue weighted by molar-refractivity contribution is 7.97. The van der Waals surface area contributed by atoms with Crippen LogP contribution in [0.3, 0.4) is 0 Å². The second-order valence-corrected chi connectivity index (χ2v) is 11.2. The summed E-state index contributed by atoms with van der Waals surface area (Å²) in [5.74, 6) is 4.89. The highest BCUT2D eigenvalue weighted by Gasteiger charge is 2.41. The lowest BCUT2D eigenvalue weighted by molar-refractivity contribution is 0.218. The van der Waals surface area contributed by atoms with Gasteiger partial charge in [-0.25, -0.2) is 4.98 Å². The second-order valence-electron chi connectivity index (χ2n) is 10.6. The molecule has 4 rings (SSSR count). The molecule has 162 valence electrons. The van der Waals surface area contributed by atoms with Gasteiger partial charge in [-0.2, -0.15) is 0 Å². The molecule has 1 aromatic rings. The Morgan fingerprint density at radius 1 is 1.17 bits per heavy atom. The van der Waals surface area contributed by atoms with Crippen LogP contribution in [-0.4, -0.2) is 35.1 Å². The van der Waals surface area contributed by atoms with Crippen LogP contribution in [0.1, 0.15) is 71.6 Å². The first-order valence-corrected chi connectivity index (χ1v) is 12.6. The van der Waals surface area contributed by atoms with Gasteiger partial charge in [0.25, 0.3) is 0 Å². The lowest BCUT2D eigenvalue weighted by Gasteiger charge is -2.26. The summed E-state index contributed by atoms with van der Waals surface area (Å²) in [6.07, 6.45) is 12.5. The maximum Gasteiger partial charge on any atom is 0.127 e. The molecule has 0 amide bonds. The Hall–Kier alpha value is -0.780. The van der Waals surface area contributed by atoms with Gasteiger partial charge in [-0.1, -0.05) is 6.07 Å². The molecule has 1 aromatic heterocycles. The van der Waals surface area contributed by atoms with E-state index in [-0.39, 0.29) is 0 Å². The van der Waals surface area contributed by atoms with Crippen LogP contribution in [0.25, 0.3) is 0 Å². The third-order valence-corrected chi connectivity index (χ3v) is 8.25. The fourth-order valence-electron chi connectivity index (χ4n) is 5.55. The number of likely N-dealkylation sites (tertiary alicyclic amines) is 1. The van der Waals surface area contributed by atoms with Crippen molar-refractivity contribution in [2.45, 2.75) is 88.2 Å². The van der Waals surface area contributed by atoms with Gasteiger partial charge >= 0.3 is 0 Å². The summed E-state index contributed by atoms with van der Waals surface area (Å²) in [6.45, 7) is 6.01. The van der Waals surface area contributed by atoms with E-state index in [1.165, 1.54) is 76.3 Å². The van der Waals surface area contributed by atoms with Crippen LogP contribution in [0.4, 0.5) is 5.82 Å². The van der Waals surface area contributed by atoms with Crippen molar-refractivity contribution in [3.05, 3.63) is 18.2 Å². The van der Waals surface area contributed by atoms with E-state index in [0.29, 0.717) is 11.6 Å². The number of nitrogens with one attached hydrogen (secondary N) is 1. The van der Waals surface area contributed by atoms with Gasteiger partial charge < -0.3 is 10.2 Å². The van der Waals surface area contributed by atoms with Gasteiger partial charge in [0, 0.05) is 18.1 Å². The van der Waals surface area contributed by atoms with E-state index in [1.54, 1.807) is 0 Å². The molecule has 2 heterocycles. The maximum absolute atomic E-state index is 5.73. The first kappa shape index (κ1) is 21.5. The Bertz CT molecular complexity index is 659. The fraction of sp³-hybridized carbons (Fsp3) is 0.792. The Labute approximate surface area is 181 Å². The van der Waals surface area contributed by atoms with Crippen LogP contribution in [0.5, 0.6) is 0 Å². The molecular formula is C24H40N4S. The van der Waals surface area contributed by atoms with Gasteiger partial charge in [0.2, 0.25) is 0 Å². The molecule has 4 nitrogen and oxygen atoms in total. The summed E-state index contributed by atoms with van der Waals surface area (Å²) in [7, 11) is 2.28. The topological polar surface area (TPSA) is 54.2 Å². The number of rotatable bonds is 11. The van der Waals surface area contributed by atoms with E-state index in [4.69, 9.17) is 5.14 Å². The lowest BCUT2D eigenvalue weighted by atomic mass is 9.87. The monoisotopic (exact) mass is 416 g/mol. The Morgan fingerprint density at radius 3 is 2.48 bits per heavy atom. The normalized spacial score (nSPS) is 25.5. The molecule has 1 saturated heterocycles. The van der Waals surface area contributed by atoms with Crippen molar-refractivity contribution < 1.29 is 0 Å². The molecule has 5 heteroatoms. The number of pyridine rings is 1. The zero-order valence-corrected chi connectivity index (χ0v) is 19.4. The van der Waals surface area contributed by atoms with Crippen molar-refractivity contribution >= 4 is 17.8 Å². The van der Waals surface area contributed by atoms with Gasteiger partial charge in [-0.05, 0) is 126 Å². The lowest BCUT2D eigenvalue weighted by Crippen LogP contribution is -2.34. The molecule has 3 N–H and O–H groups in total. The highest BCUT2D eigenvalue weighted by atomic mass is 32.2. The van der Waals surface area contributed by atoms with E-state index in [2.05, 4.69) is 48.2 Å². The first-order chi connectivity index (χ1) is 13.9. The number of aromatic nitrogens is 1. The van der Waals surface area contributed by atoms with Crippen LogP contribution in [0, 0.1) is 23.7 Å². The molecular weight excluding hydrogens is 376 g/mol. The minimum atomic E-state index is 0.352. The molecule has 2 atom stereocenters. The van der Waals surface area contributed by atoms with Crippen molar-refractivity contribution in [1.82, 2.24) is 9.88 Å². The number of nitrogens with two attached hydrogens (primary N) is 1. The quantitative estimate of drug-likeness (QED) is 0.463. The summed E-state index contributed by atoms with van der Waals surface area (Å²) in [5.41, 5.74) is 0.352. The van der Waals surface area contributed by atoms with Gasteiger partial charge in [-0.3, -0.25) is 5.14 Å². The Balaban J connectivity index is 1.36. The van der Waals surface area contributed by atoms with Crippen LogP contribution < -0.4 is 10.5 Å². The predicted octanol–water partition coefficient (Wildman–Crippen LogP) is 5.55. The average Bonchev–Trinajstić information content (AvgIpc) is 3.60. The number of anilines is 1. The predicted molar refractivity (Wildman–Crippen MR) is 124 cm³/mol. The molecule has 2 unspecified atom stereocenters. The standard InChI is InChI=1S/C24H40N4S/c1-24(2)15-17(16-28(24)3)7-12-20(26-22-5-4-6-23(27-22)29-25)13-14-21(18-8-9-18)19-10-11-19/h4-6,17-21H,7-16,25H2,1-3H3,(H,26,27). The molecule has 2 aliphatic carbocycles. The SMILES string of the molecule is CN1CC(CCC(CCC(C2CC2)C2CC2)Nc2cccc(SN)n2)CC1(C)C. The van der Waals surface area contributed by atoms with E-state index in [9.17, 15) is 0 Å². The molecule has 0 bridgehead atoms. The van der Waals surface area contributed by atoms with Crippen molar-refractivity contribution in [2.24, 2.45) is 28.8 Å². The number of hydrogen-bond donors (Lipinski definition) is 2. The second kappa shape index (κ2) is 9.15. The molecule has 3 fully saturated rings. The average molecular weight is 417 g/mol. The summed E-state index contributed by atoms with van der Waals surface area (Å²) in [5, 5.41) is 10.4. The molecule has 29 heavy (non-hydrogen) atoms. The van der Waals surface area contributed by atoms with Crippen molar-refractivity contribution in [2.75, 3.05) is 18.9 Å². The van der Waals surface area contributed by atoms with Crippen molar-refractivity contribution in [3.8, 4) is 0 Å². The van der Waals surface area contributed by atoms with E-state index >= 15 is 0 Å². The van der Waals surface area contributed by atoms with E-state index < -0.39 is 0 Å². The molecule has 3 aliphatic rings.